The lowest BCUT2D eigenvalue weighted by atomic mass is 10.0. The molecule has 0 spiro atoms. The Hall–Kier alpha value is -3.57. The summed E-state index contributed by atoms with van der Waals surface area (Å²) in [6.45, 7) is 4.77. The fourth-order valence-electron chi connectivity index (χ4n) is 3.67. The predicted molar refractivity (Wildman–Crippen MR) is 131 cm³/mol. The van der Waals surface area contributed by atoms with Gasteiger partial charge in [0.2, 0.25) is 0 Å². The van der Waals surface area contributed by atoms with Crippen molar-refractivity contribution >= 4 is 34.7 Å². The van der Waals surface area contributed by atoms with E-state index in [2.05, 4.69) is 5.32 Å². The van der Waals surface area contributed by atoms with Gasteiger partial charge in [0.25, 0.3) is 11.8 Å². The molecule has 3 aromatic rings. The fourth-order valence-corrected chi connectivity index (χ4v) is 3.84. The Morgan fingerprint density at radius 3 is 2.36 bits per heavy atom. The number of carbonyl (C=O) groups is 2. The summed E-state index contributed by atoms with van der Waals surface area (Å²) in [5, 5.41) is 3.74. The summed E-state index contributed by atoms with van der Waals surface area (Å²) < 4.78 is 5.66. The Labute approximate surface area is 198 Å². The van der Waals surface area contributed by atoms with Crippen LogP contribution < -0.4 is 10.1 Å². The van der Waals surface area contributed by atoms with E-state index in [1.807, 2.05) is 74.5 Å². The lowest BCUT2D eigenvalue weighted by Crippen LogP contribution is -2.32. The maximum atomic E-state index is 13.5. The van der Waals surface area contributed by atoms with E-state index in [-0.39, 0.29) is 24.1 Å². The van der Waals surface area contributed by atoms with Gasteiger partial charge in [0, 0.05) is 10.7 Å². The zero-order valence-electron chi connectivity index (χ0n) is 18.6. The zero-order chi connectivity index (χ0) is 23.4. The molecule has 0 saturated heterocycles. The molecule has 33 heavy (non-hydrogen) atoms. The molecule has 1 heterocycles. The number of halogens is 1. The monoisotopic (exact) mass is 460 g/mol. The van der Waals surface area contributed by atoms with E-state index in [0.717, 1.165) is 23.3 Å². The van der Waals surface area contributed by atoms with E-state index in [9.17, 15) is 9.59 Å². The van der Waals surface area contributed by atoms with Gasteiger partial charge in [-0.05, 0) is 54.3 Å². The molecule has 2 amide bonds. The van der Waals surface area contributed by atoms with E-state index in [1.54, 1.807) is 12.1 Å². The highest BCUT2D eigenvalue weighted by Gasteiger charge is 2.39. The van der Waals surface area contributed by atoms with Gasteiger partial charge in [-0.2, -0.15) is 0 Å². The molecule has 0 atom stereocenters. The number of nitrogens with zero attached hydrogens (tertiary/aromatic N) is 1. The predicted octanol–water partition coefficient (Wildman–Crippen LogP) is 5.83. The second-order valence-electron chi connectivity index (χ2n) is 7.89. The van der Waals surface area contributed by atoms with Crippen LogP contribution in [0.5, 0.6) is 5.75 Å². The van der Waals surface area contributed by atoms with Crippen LogP contribution in [-0.4, -0.2) is 23.3 Å². The van der Waals surface area contributed by atoms with Gasteiger partial charge < -0.3 is 10.1 Å². The molecule has 0 radical (unpaired) electrons. The summed E-state index contributed by atoms with van der Waals surface area (Å²) >= 11 is 6.18. The Morgan fingerprint density at radius 2 is 1.67 bits per heavy atom. The van der Waals surface area contributed by atoms with Crippen molar-refractivity contribution in [2.45, 2.75) is 26.8 Å². The summed E-state index contributed by atoms with van der Waals surface area (Å²) in [5.41, 5.74) is 3.69. The lowest BCUT2D eigenvalue weighted by molar-refractivity contribution is -0.137. The van der Waals surface area contributed by atoms with Gasteiger partial charge in [0.05, 0.1) is 18.7 Å². The van der Waals surface area contributed by atoms with Crippen LogP contribution >= 0.6 is 11.6 Å². The van der Waals surface area contributed by atoms with Gasteiger partial charge in [0.15, 0.2) is 0 Å². The number of nitrogens with one attached hydrogen (secondary N) is 1. The standard InChI is InChI=1S/C27H25ClN2O3/c1-3-15-33-22-13-10-20(11-14-22)24-25(29-23-16-21(28)12-9-18(23)2)27(32)30(26(24)31)17-19-7-5-4-6-8-19/h4-14,16,29H,3,15,17H2,1-2H3. The molecule has 0 aliphatic carbocycles. The molecule has 0 bridgehead atoms. The largest absolute Gasteiger partial charge is 0.494 e. The molecule has 1 aliphatic heterocycles. The molecular formula is C27H25ClN2O3. The third kappa shape index (κ3) is 4.94. The van der Waals surface area contributed by atoms with E-state index in [4.69, 9.17) is 16.3 Å². The van der Waals surface area contributed by atoms with Crippen LogP contribution in [0.15, 0.2) is 78.5 Å². The number of ether oxygens (including phenoxy) is 1. The van der Waals surface area contributed by atoms with Crippen LogP contribution in [-0.2, 0) is 16.1 Å². The molecule has 0 fully saturated rings. The van der Waals surface area contributed by atoms with Crippen molar-refractivity contribution in [3.05, 3.63) is 100 Å². The molecule has 0 saturated carbocycles. The van der Waals surface area contributed by atoms with Crippen LogP contribution in [0.3, 0.4) is 0 Å². The quantitative estimate of drug-likeness (QED) is 0.430. The maximum absolute atomic E-state index is 13.5. The highest BCUT2D eigenvalue weighted by atomic mass is 35.5. The van der Waals surface area contributed by atoms with Crippen molar-refractivity contribution in [3.8, 4) is 5.75 Å². The Kier molecular flexibility index (Phi) is 6.80. The van der Waals surface area contributed by atoms with Gasteiger partial charge in [0.1, 0.15) is 11.4 Å². The number of anilines is 1. The first-order valence-electron chi connectivity index (χ1n) is 10.9. The minimum absolute atomic E-state index is 0.194. The number of aryl methyl sites for hydroxylation is 1. The van der Waals surface area contributed by atoms with E-state index in [1.165, 1.54) is 4.90 Å². The van der Waals surface area contributed by atoms with Crippen molar-refractivity contribution in [1.29, 1.82) is 0 Å². The first-order valence-corrected chi connectivity index (χ1v) is 11.3. The van der Waals surface area contributed by atoms with Crippen LogP contribution in [0.1, 0.15) is 30.0 Å². The molecule has 4 rings (SSSR count). The average Bonchev–Trinajstić information content (AvgIpc) is 3.05. The van der Waals surface area contributed by atoms with Crippen LogP contribution in [0.4, 0.5) is 5.69 Å². The van der Waals surface area contributed by atoms with Crippen molar-refractivity contribution < 1.29 is 14.3 Å². The number of hydrogen-bond donors (Lipinski definition) is 1. The second kappa shape index (κ2) is 9.92. The van der Waals surface area contributed by atoms with Gasteiger partial charge in [-0.3, -0.25) is 14.5 Å². The minimum atomic E-state index is -0.371. The number of imide groups is 1. The van der Waals surface area contributed by atoms with Gasteiger partial charge in [-0.25, -0.2) is 0 Å². The maximum Gasteiger partial charge on any atom is 0.278 e. The summed E-state index contributed by atoms with van der Waals surface area (Å²) in [6, 6.07) is 22.1. The number of rotatable bonds is 8. The van der Waals surface area contributed by atoms with Crippen molar-refractivity contribution in [1.82, 2.24) is 4.90 Å². The highest BCUT2D eigenvalue weighted by molar-refractivity contribution is 6.36. The topological polar surface area (TPSA) is 58.6 Å². The van der Waals surface area contributed by atoms with E-state index in [0.29, 0.717) is 28.5 Å². The number of hydrogen-bond acceptors (Lipinski definition) is 4. The van der Waals surface area contributed by atoms with Crippen molar-refractivity contribution in [2.75, 3.05) is 11.9 Å². The SMILES string of the molecule is CCCOc1ccc(C2=C(Nc3cc(Cl)ccc3C)C(=O)N(Cc3ccccc3)C2=O)cc1. The molecule has 1 aliphatic rings. The van der Waals surface area contributed by atoms with Crippen LogP contribution in [0.2, 0.25) is 5.02 Å². The summed E-state index contributed by atoms with van der Waals surface area (Å²) in [5.74, 6) is 0.0112. The van der Waals surface area contributed by atoms with E-state index < -0.39 is 0 Å². The van der Waals surface area contributed by atoms with E-state index >= 15 is 0 Å². The molecular weight excluding hydrogens is 436 g/mol. The Morgan fingerprint density at radius 1 is 0.939 bits per heavy atom. The molecule has 5 nitrogen and oxygen atoms in total. The molecule has 0 unspecified atom stereocenters. The average molecular weight is 461 g/mol. The Bertz CT molecular complexity index is 1200. The fraction of sp³-hybridized carbons (Fsp3) is 0.185. The summed E-state index contributed by atoms with van der Waals surface area (Å²) in [6.07, 6.45) is 0.904. The third-order valence-electron chi connectivity index (χ3n) is 5.43. The molecule has 168 valence electrons. The van der Waals surface area contributed by atoms with Gasteiger partial charge in [-0.15, -0.1) is 0 Å². The normalized spacial score (nSPS) is 13.6. The summed E-state index contributed by atoms with van der Waals surface area (Å²) in [7, 11) is 0. The van der Waals surface area contributed by atoms with Gasteiger partial charge in [-0.1, -0.05) is 67.1 Å². The molecule has 1 N–H and O–H groups in total. The molecule has 3 aromatic carbocycles. The second-order valence-corrected chi connectivity index (χ2v) is 8.33. The minimum Gasteiger partial charge on any atom is -0.494 e. The Balaban J connectivity index is 1.73. The molecule has 0 aromatic heterocycles. The molecule has 6 heteroatoms. The third-order valence-corrected chi connectivity index (χ3v) is 5.66. The lowest BCUT2D eigenvalue weighted by Gasteiger charge is -2.16. The van der Waals surface area contributed by atoms with Crippen molar-refractivity contribution in [2.24, 2.45) is 0 Å². The smallest absolute Gasteiger partial charge is 0.278 e. The number of amides is 2. The van der Waals surface area contributed by atoms with Gasteiger partial charge >= 0.3 is 0 Å². The first-order chi connectivity index (χ1) is 16.0. The van der Waals surface area contributed by atoms with Crippen LogP contribution in [0.25, 0.3) is 5.57 Å². The first kappa shape index (κ1) is 22.6. The highest BCUT2D eigenvalue weighted by Crippen LogP contribution is 2.33. The summed E-state index contributed by atoms with van der Waals surface area (Å²) in [4.78, 5) is 28.2. The van der Waals surface area contributed by atoms with Crippen molar-refractivity contribution in [3.63, 3.8) is 0 Å². The number of carbonyl (C=O) groups excluding carboxylic acids is 2. The number of benzene rings is 3. The zero-order valence-corrected chi connectivity index (χ0v) is 19.4. The van der Waals surface area contributed by atoms with Crippen LogP contribution in [0, 0.1) is 6.92 Å².